The first kappa shape index (κ1) is 13.2. The van der Waals surface area contributed by atoms with Gasteiger partial charge in [0.05, 0.1) is 6.61 Å². The molecule has 0 aliphatic carbocycles. The molecule has 3 heteroatoms. The highest BCUT2D eigenvalue weighted by Crippen LogP contribution is 2.00. The lowest BCUT2D eigenvalue weighted by Gasteiger charge is -2.05. The van der Waals surface area contributed by atoms with Crippen LogP contribution in [0.25, 0.3) is 0 Å². The van der Waals surface area contributed by atoms with E-state index in [0.29, 0.717) is 13.2 Å². The zero-order valence-corrected chi connectivity index (χ0v) is 9.73. The number of ether oxygens (including phenoxy) is 2. The summed E-state index contributed by atoms with van der Waals surface area (Å²) >= 11 is 0. The fourth-order valence-electron chi connectivity index (χ4n) is 1.31. The van der Waals surface area contributed by atoms with E-state index in [0.717, 1.165) is 32.7 Å². The fraction of sp³-hybridized carbons (Fsp3) is 0.538. The lowest BCUT2D eigenvalue weighted by atomic mass is 10.2. The van der Waals surface area contributed by atoms with Crippen LogP contribution in [0.5, 0.6) is 0 Å². The fourth-order valence-corrected chi connectivity index (χ4v) is 1.31. The maximum Gasteiger partial charge on any atom is 0.0716 e. The number of benzene rings is 1. The van der Waals surface area contributed by atoms with Crippen molar-refractivity contribution in [2.45, 2.75) is 19.4 Å². The van der Waals surface area contributed by atoms with Gasteiger partial charge in [-0.05, 0) is 24.9 Å². The topological polar surface area (TPSA) is 44.5 Å². The molecule has 90 valence electrons. The van der Waals surface area contributed by atoms with Gasteiger partial charge in [0.2, 0.25) is 0 Å². The molecule has 0 bridgehead atoms. The van der Waals surface area contributed by atoms with E-state index in [9.17, 15) is 0 Å². The quantitative estimate of drug-likeness (QED) is 0.651. The van der Waals surface area contributed by atoms with Gasteiger partial charge in [-0.2, -0.15) is 0 Å². The van der Waals surface area contributed by atoms with Gasteiger partial charge in [-0.15, -0.1) is 0 Å². The van der Waals surface area contributed by atoms with E-state index >= 15 is 0 Å². The van der Waals surface area contributed by atoms with Crippen LogP contribution in [0.3, 0.4) is 0 Å². The molecule has 1 aromatic carbocycles. The Bertz CT molecular complexity index is 251. The Morgan fingerprint density at radius 2 is 1.56 bits per heavy atom. The standard InChI is InChI=1S/C13H21NO2/c14-8-4-9-15-10-5-11-16-12-13-6-2-1-3-7-13/h1-3,6-7H,4-5,8-12,14H2. The van der Waals surface area contributed by atoms with Crippen LogP contribution in [0.15, 0.2) is 30.3 Å². The third-order valence-electron chi connectivity index (χ3n) is 2.18. The van der Waals surface area contributed by atoms with E-state index in [-0.39, 0.29) is 0 Å². The van der Waals surface area contributed by atoms with Gasteiger partial charge < -0.3 is 15.2 Å². The molecular formula is C13H21NO2. The van der Waals surface area contributed by atoms with Crippen molar-refractivity contribution >= 4 is 0 Å². The molecule has 1 rings (SSSR count). The third-order valence-corrected chi connectivity index (χ3v) is 2.18. The molecule has 2 N–H and O–H groups in total. The van der Waals surface area contributed by atoms with Crippen LogP contribution in [-0.2, 0) is 16.1 Å². The van der Waals surface area contributed by atoms with Gasteiger partial charge >= 0.3 is 0 Å². The molecule has 1 aromatic rings. The van der Waals surface area contributed by atoms with Gasteiger partial charge in [0, 0.05) is 19.8 Å². The summed E-state index contributed by atoms with van der Waals surface area (Å²) in [7, 11) is 0. The molecule has 0 aliphatic rings. The lowest BCUT2D eigenvalue weighted by molar-refractivity contribution is 0.0754. The van der Waals surface area contributed by atoms with Crippen molar-refractivity contribution in [3.63, 3.8) is 0 Å². The van der Waals surface area contributed by atoms with Crippen molar-refractivity contribution < 1.29 is 9.47 Å². The van der Waals surface area contributed by atoms with Crippen LogP contribution in [-0.4, -0.2) is 26.4 Å². The molecule has 0 fully saturated rings. The Labute approximate surface area is 97.6 Å². The van der Waals surface area contributed by atoms with E-state index in [1.165, 1.54) is 5.56 Å². The predicted molar refractivity (Wildman–Crippen MR) is 65.2 cm³/mol. The summed E-state index contributed by atoms with van der Waals surface area (Å²) in [6.45, 7) is 3.65. The molecule has 0 spiro atoms. The van der Waals surface area contributed by atoms with Gasteiger partial charge in [0.1, 0.15) is 0 Å². The Morgan fingerprint density at radius 1 is 0.875 bits per heavy atom. The Hall–Kier alpha value is -0.900. The zero-order chi connectivity index (χ0) is 11.5. The van der Waals surface area contributed by atoms with E-state index in [1.807, 2.05) is 18.2 Å². The molecule has 0 aliphatic heterocycles. The van der Waals surface area contributed by atoms with E-state index in [2.05, 4.69) is 12.1 Å². The van der Waals surface area contributed by atoms with Crippen LogP contribution in [0, 0.1) is 0 Å². The first-order valence-electron chi connectivity index (χ1n) is 5.83. The zero-order valence-electron chi connectivity index (χ0n) is 9.73. The highest BCUT2D eigenvalue weighted by atomic mass is 16.5. The SMILES string of the molecule is NCCCOCCCOCc1ccccc1. The Morgan fingerprint density at radius 3 is 2.31 bits per heavy atom. The third kappa shape index (κ3) is 6.56. The molecule has 0 amide bonds. The number of hydrogen-bond acceptors (Lipinski definition) is 3. The minimum Gasteiger partial charge on any atom is -0.381 e. The summed E-state index contributed by atoms with van der Waals surface area (Å²) < 4.78 is 10.9. The summed E-state index contributed by atoms with van der Waals surface area (Å²) in [6, 6.07) is 10.2. The van der Waals surface area contributed by atoms with Crippen molar-refractivity contribution in [2.24, 2.45) is 5.73 Å². The van der Waals surface area contributed by atoms with Crippen molar-refractivity contribution in [3.05, 3.63) is 35.9 Å². The lowest BCUT2D eigenvalue weighted by Crippen LogP contribution is -2.06. The van der Waals surface area contributed by atoms with Crippen LogP contribution >= 0.6 is 0 Å². The van der Waals surface area contributed by atoms with Crippen LogP contribution < -0.4 is 5.73 Å². The van der Waals surface area contributed by atoms with Gasteiger partial charge in [0.15, 0.2) is 0 Å². The van der Waals surface area contributed by atoms with E-state index in [4.69, 9.17) is 15.2 Å². The van der Waals surface area contributed by atoms with Gasteiger partial charge in [-0.25, -0.2) is 0 Å². The van der Waals surface area contributed by atoms with Crippen LogP contribution in [0.4, 0.5) is 0 Å². The molecule has 0 saturated heterocycles. The average Bonchev–Trinajstić information content (AvgIpc) is 2.34. The van der Waals surface area contributed by atoms with Crippen LogP contribution in [0.2, 0.25) is 0 Å². The summed E-state index contributed by atoms with van der Waals surface area (Å²) in [5, 5.41) is 0. The summed E-state index contributed by atoms with van der Waals surface area (Å²) in [4.78, 5) is 0. The molecule has 0 heterocycles. The van der Waals surface area contributed by atoms with Gasteiger partial charge in [0.25, 0.3) is 0 Å². The molecule has 0 atom stereocenters. The van der Waals surface area contributed by atoms with Crippen molar-refractivity contribution in [3.8, 4) is 0 Å². The van der Waals surface area contributed by atoms with Gasteiger partial charge in [-0.1, -0.05) is 30.3 Å². The Balaban J connectivity index is 1.89. The smallest absolute Gasteiger partial charge is 0.0716 e. The summed E-state index contributed by atoms with van der Waals surface area (Å²) in [5.41, 5.74) is 6.57. The number of hydrogen-bond donors (Lipinski definition) is 1. The average molecular weight is 223 g/mol. The molecule has 0 aromatic heterocycles. The normalized spacial score (nSPS) is 10.6. The van der Waals surface area contributed by atoms with E-state index in [1.54, 1.807) is 0 Å². The second kappa shape index (κ2) is 9.33. The van der Waals surface area contributed by atoms with Crippen molar-refractivity contribution in [2.75, 3.05) is 26.4 Å². The molecule has 0 saturated carbocycles. The molecule has 16 heavy (non-hydrogen) atoms. The first-order valence-corrected chi connectivity index (χ1v) is 5.83. The van der Waals surface area contributed by atoms with E-state index < -0.39 is 0 Å². The second-order valence-electron chi connectivity index (χ2n) is 3.65. The number of rotatable bonds is 9. The van der Waals surface area contributed by atoms with Crippen LogP contribution in [0.1, 0.15) is 18.4 Å². The maximum atomic E-state index is 5.52. The predicted octanol–water partition coefficient (Wildman–Crippen LogP) is 1.96. The monoisotopic (exact) mass is 223 g/mol. The van der Waals surface area contributed by atoms with Gasteiger partial charge in [-0.3, -0.25) is 0 Å². The Kier molecular flexibility index (Phi) is 7.68. The largest absolute Gasteiger partial charge is 0.381 e. The highest BCUT2D eigenvalue weighted by Gasteiger charge is 1.92. The molecule has 0 radical (unpaired) electrons. The maximum absolute atomic E-state index is 5.52. The first-order chi connectivity index (χ1) is 7.93. The molecular weight excluding hydrogens is 202 g/mol. The summed E-state index contributed by atoms with van der Waals surface area (Å²) in [5.74, 6) is 0. The second-order valence-corrected chi connectivity index (χ2v) is 3.65. The summed E-state index contributed by atoms with van der Waals surface area (Å²) in [6.07, 6.45) is 1.88. The number of nitrogens with two attached hydrogens (primary N) is 1. The van der Waals surface area contributed by atoms with Crippen molar-refractivity contribution in [1.82, 2.24) is 0 Å². The molecule has 3 nitrogen and oxygen atoms in total. The molecule has 0 unspecified atom stereocenters. The minimum absolute atomic E-state index is 0.684. The highest BCUT2D eigenvalue weighted by molar-refractivity contribution is 5.13. The minimum atomic E-state index is 0.684. The van der Waals surface area contributed by atoms with Crippen molar-refractivity contribution in [1.29, 1.82) is 0 Å².